The molecule has 1 aliphatic rings. The molecule has 1 saturated carbocycles. The summed E-state index contributed by atoms with van der Waals surface area (Å²) in [6.07, 6.45) is -3.79. The van der Waals surface area contributed by atoms with E-state index in [9.17, 15) is 18.0 Å². The Morgan fingerprint density at radius 2 is 2.04 bits per heavy atom. The molecular weight excluding hydrogens is 305 g/mol. The van der Waals surface area contributed by atoms with Gasteiger partial charge in [-0.1, -0.05) is 32.0 Å². The molecule has 6 heteroatoms. The van der Waals surface area contributed by atoms with Crippen LogP contribution >= 0.6 is 0 Å². The first kappa shape index (κ1) is 17.8. The van der Waals surface area contributed by atoms with Crippen molar-refractivity contribution < 1.29 is 18.0 Å². The van der Waals surface area contributed by atoms with Crippen molar-refractivity contribution in [1.29, 1.82) is 0 Å². The molecule has 1 aliphatic carbocycles. The fraction of sp³-hybridized carbons (Fsp3) is 0.588. The largest absolute Gasteiger partial charge is 0.416 e. The number of carbonyl (C=O) groups excluding carboxylic acids is 1. The van der Waals surface area contributed by atoms with Crippen LogP contribution in [-0.4, -0.2) is 18.0 Å². The summed E-state index contributed by atoms with van der Waals surface area (Å²) in [4.78, 5) is 12.4. The molecule has 1 amide bonds. The van der Waals surface area contributed by atoms with Crippen LogP contribution in [0.3, 0.4) is 0 Å². The third-order valence-electron chi connectivity index (χ3n) is 4.88. The summed E-state index contributed by atoms with van der Waals surface area (Å²) in [5.41, 5.74) is 5.15. The molecule has 1 aromatic rings. The molecule has 3 unspecified atom stereocenters. The molecule has 0 spiro atoms. The molecular formula is C17H23F3N2O. The first-order valence-electron chi connectivity index (χ1n) is 7.77. The van der Waals surface area contributed by atoms with Gasteiger partial charge >= 0.3 is 6.18 Å². The molecule has 0 saturated heterocycles. The second kappa shape index (κ2) is 6.15. The topological polar surface area (TPSA) is 55.1 Å². The predicted molar refractivity (Wildman–Crippen MR) is 82.7 cm³/mol. The van der Waals surface area contributed by atoms with Gasteiger partial charge in [0.15, 0.2) is 0 Å². The first-order valence-corrected chi connectivity index (χ1v) is 7.77. The van der Waals surface area contributed by atoms with Crippen LogP contribution in [-0.2, 0) is 11.0 Å². The Morgan fingerprint density at radius 3 is 2.57 bits per heavy atom. The lowest BCUT2D eigenvalue weighted by Crippen LogP contribution is -2.55. The maximum atomic E-state index is 12.8. The van der Waals surface area contributed by atoms with E-state index in [1.807, 2.05) is 20.8 Å². The molecule has 23 heavy (non-hydrogen) atoms. The molecule has 1 fully saturated rings. The van der Waals surface area contributed by atoms with Gasteiger partial charge in [0.05, 0.1) is 11.1 Å². The fourth-order valence-electron chi connectivity index (χ4n) is 2.60. The van der Waals surface area contributed by atoms with E-state index in [4.69, 9.17) is 5.73 Å². The van der Waals surface area contributed by atoms with Crippen LogP contribution in [0.5, 0.6) is 0 Å². The number of hydrogen-bond donors (Lipinski definition) is 2. The predicted octanol–water partition coefficient (Wildman–Crippen LogP) is 3.30. The van der Waals surface area contributed by atoms with Gasteiger partial charge in [-0.2, -0.15) is 13.2 Å². The zero-order valence-electron chi connectivity index (χ0n) is 13.6. The quantitative estimate of drug-likeness (QED) is 0.871. The number of alkyl halides is 3. The van der Waals surface area contributed by atoms with Gasteiger partial charge in [-0.15, -0.1) is 0 Å². The van der Waals surface area contributed by atoms with E-state index in [2.05, 4.69) is 5.32 Å². The highest BCUT2D eigenvalue weighted by atomic mass is 19.4. The van der Waals surface area contributed by atoms with Gasteiger partial charge in [0.1, 0.15) is 0 Å². The summed E-state index contributed by atoms with van der Waals surface area (Å²) in [5, 5.41) is 2.96. The Balaban J connectivity index is 2.06. The van der Waals surface area contributed by atoms with E-state index in [1.54, 1.807) is 6.07 Å². The Labute approximate surface area is 134 Å². The van der Waals surface area contributed by atoms with Crippen LogP contribution in [0.15, 0.2) is 24.3 Å². The van der Waals surface area contributed by atoms with E-state index < -0.39 is 17.3 Å². The highest BCUT2D eigenvalue weighted by molar-refractivity contribution is 5.83. The third-order valence-corrected chi connectivity index (χ3v) is 4.88. The molecule has 0 bridgehead atoms. The van der Waals surface area contributed by atoms with Crippen molar-refractivity contribution in [2.24, 2.45) is 17.6 Å². The summed E-state index contributed by atoms with van der Waals surface area (Å²) < 4.78 is 38.3. The number of hydrogen-bond acceptors (Lipinski definition) is 2. The van der Waals surface area contributed by atoms with Gasteiger partial charge < -0.3 is 11.1 Å². The molecule has 3 nitrogen and oxygen atoms in total. The van der Waals surface area contributed by atoms with Crippen molar-refractivity contribution in [2.45, 2.75) is 44.8 Å². The Bertz CT molecular complexity index is 585. The van der Waals surface area contributed by atoms with Gasteiger partial charge in [0.25, 0.3) is 0 Å². The lowest BCUT2D eigenvalue weighted by molar-refractivity contribution is -0.137. The van der Waals surface area contributed by atoms with E-state index in [-0.39, 0.29) is 23.7 Å². The summed E-state index contributed by atoms with van der Waals surface area (Å²) >= 11 is 0. The highest BCUT2D eigenvalue weighted by Crippen LogP contribution is 2.48. The number of carbonyl (C=O) groups is 1. The van der Waals surface area contributed by atoms with Crippen LogP contribution in [0.1, 0.15) is 44.2 Å². The van der Waals surface area contributed by atoms with Crippen molar-refractivity contribution in [2.75, 3.05) is 6.54 Å². The van der Waals surface area contributed by atoms with Gasteiger partial charge in [-0.25, -0.2) is 0 Å². The maximum absolute atomic E-state index is 12.8. The van der Waals surface area contributed by atoms with Crippen LogP contribution in [0.2, 0.25) is 0 Å². The fourth-order valence-corrected chi connectivity index (χ4v) is 2.60. The zero-order valence-corrected chi connectivity index (χ0v) is 13.6. The lowest BCUT2D eigenvalue weighted by Gasteiger charge is -2.33. The molecule has 3 atom stereocenters. The minimum atomic E-state index is -4.36. The number of rotatable bonds is 5. The van der Waals surface area contributed by atoms with E-state index in [1.165, 1.54) is 6.07 Å². The Kier molecular flexibility index (Phi) is 4.76. The minimum absolute atomic E-state index is 0.130. The van der Waals surface area contributed by atoms with Gasteiger partial charge in [0, 0.05) is 12.5 Å². The third kappa shape index (κ3) is 3.86. The van der Waals surface area contributed by atoms with Gasteiger partial charge in [0.2, 0.25) is 5.91 Å². The molecule has 0 radical (unpaired) electrons. The second-order valence-corrected chi connectivity index (χ2v) is 6.84. The van der Waals surface area contributed by atoms with Crippen LogP contribution in [0.25, 0.3) is 0 Å². The standard InChI is InChI=1S/C17H23F3N2O/c1-10(2)16(3,9-21)22-15(23)14-8-13(14)11-5-4-6-12(7-11)17(18,19)20/h4-7,10,13-14H,8-9,21H2,1-3H3,(H,22,23). The van der Waals surface area contributed by atoms with Crippen LogP contribution in [0.4, 0.5) is 13.2 Å². The van der Waals surface area contributed by atoms with Crippen LogP contribution < -0.4 is 11.1 Å². The number of benzene rings is 1. The lowest BCUT2D eigenvalue weighted by atomic mass is 9.88. The van der Waals surface area contributed by atoms with E-state index >= 15 is 0 Å². The smallest absolute Gasteiger partial charge is 0.349 e. The second-order valence-electron chi connectivity index (χ2n) is 6.84. The number of halogens is 3. The van der Waals surface area contributed by atoms with Crippen molar-refractivity contribution >= 4 is 5.91 Å². The monoisotopic (exact) mass is 328 g/mol. The summed E-state index contributed by atoms with van der Waals surface area (Å²) in [6.45, 7) is 6.16. The number of nitrogens with two attached hydrogens (primary N) is 1. The summed E-state index contributed by atoms with van der Waals surface area (Å²) in [5.74, 6) is -0.383. The summed E-state index contributed by atoms with van der Waals surface area (Å²) in [6, 6.07) is 5.23. The highest BCUT2D eigenvalue weighted by Gasteiger charge is 2.46. The van der Waals surface area contributed by atoms with Crippen molar-refractivity contribution in [3.63, 3.8) is 0 Å². The maximum Gasteiger partial charge on any atom is 0.416 e. The van der Waals surface area contributed by atoms with Crippen molar-refractivity contribution in [3.8, 4) is 0 Å². The zero-order chi connectivity index (χ0) is 17.4. The van der Waals surface area contributed by atoms with Gasteiger partial charge in [-0.3, -0.25) is 4.79 Å². The number of amides is 1. The Morgan fingerprint density at radius 1 is 1.39 bits per heavy atom. The molecule has 1 aromatic carbocycles. The molecule has 2 rings (SSSR count). The molecule has 3 N–H and O–H groups in total. The number of nitrogens with one attached hydrogen (secondary N) is 1. The van der Waals surface area contributed by atoms with Crippen molar-refractivity contribution in [1.82, 2.24) is 5.32 Å². The van der Waals surface area contributed by atoms with E-state index in [0.717, 1.165) is 12.1 Å². The Hall–Kier alpha value is -1.56. The normalized spacial score (nSPS) is 23.5. The molecule has 0 heterocycles. The SMILES string of the molecule is CC(C)C(C)(CN)NC(=O)C1CC1c1cccc(C(F)(F)F)c1. The summed E-state index contributed by atoms with van der Waals surface area (Å²) in [7, 11) is 0. The molecule has 128 valence electrons. The molecule has 0 aromatic heterocycles. The van der Waals surface area contributed by atoms with Gasteiger partial charge in [-0.05, 0) is 36.8 Å². The first-order chi connectivity index (χ1) is 10.6. The average Bonchev–Trinajstić information content (AvgIpc) is 3.26. The van der Waals surface area contributed by atoms with Crippen LogP contribution in [0, 0.1) is 11.8 Å². The van der Waals surface area contributed by atoms with E-state index in [0.29, 0.717) is 18.5 Å². The molecule has 0 aliphatic heterocycles. The van der Waals surface area contributed by atoms with Crippen molar-refractivity contribution in [3.05, 3.63) is 35.4 Å². The minimum Gasteiger partial charge on any atom is -0.349 e. The average molecular weight is 328 g/mol.